The van der Waals surface area contributed by atoms with Crippen LogP contribution < -0.4 is 4.90 Å². The van der Waals surface area contributed by atoms with Crippen LogP contribution >= 0.6 is 0 Å². The molecule has 1 aliphatic rings. The Bertz CT molecular complexity index is 938. The summed E-state index contributed by atoms with van der Waals surface area (Å²) in [5.74, 6) is -0.311. The molecule has 0 spiro atoms. The number of nitrogens with one attached hydrogen (secondary N) is 1. The highest BCUT2D eigenvalue weighted by Gasteiger charge is 2.24. The second kappa shape index (κ2) is 7.40. The number of fused-ring (bicyclic) bond motifs is 1. The summed E-state index contributed by atoms with van der Waals surface area (Å²) in [6.45, 7) is 6.10. The van der Waals surface area contributed by atoms with Crippen molar-refractivity contribution in [1.29, 1.82) is 0 Å². The lowest BCUT2D eigenvalue weighted by molar-refractivity contribution is 0.0603. The minimum absolute atomic E-state index is 0.311. The van der Waals surface area contributed by atoms with E-state index in [2.05, 4.69) is 44.9 Å². The van der Waals surface area contributed by atoms with E-state index in [0.717, 1.165) is 37.1 Å². The number of hydrogen-bond donors (Lipinski definition) is 1. The number of carbonyl (C=O) groups excluding carboxylic acids is 1. The molecular formula is C21H24N4O2. The van der Waals surface area contributed by atoms with Gasteiger partial charge in [0.1, 0.15) is 0 Å². The molecule has 3 aromatic rings. The van der Waals surface area contributed by atoms with Gasteiger partial charge >= 0.3 is 5.97 Å². The molecule has 6 heteroatoms. The van der Waals surface area contributed by atoms with E-state index < -0.39 is 0 Å². The molecule has 1 aromatic carbocycles. The molecule has 27 heavy (non-hydrogen) atoms. The number of aromatic amines is 1. The zero-order chi connectivity index (χ0) is 18.8. The van der Waals surface area contributed by atoms with Crippen LogP contribution in [0.5, 0.6) is 0 Å². The van der Waals surface area contributed by atoms with Crippen molar-refractivity contribution in [3.05, 3.63) is 60.0 Å². The number of anilines is 1. The van der Waals surface area contributed by atoms with E-state index in [-0.39, 0.29) is 5.97 Å². The number of carbonyl (C=O) groups is 1. The standard InChI is InChI=1S/C21H24N4O2/c1-15-13-24(10-11-25(15)17-6-8-22-9-7-17)14-16-12-23-20-18(16)4-3-5-19(20)21(26)27-2/h3-9,12,15,23H,10-11,13-14H2,1-2H3. The van der Waals surface area contributed by atoms with Crippen LogP contribution in [0.4, 0.5) is 5.69 Å². The number of esters is 1. The Balaban J connectivity index is 1.50. The molecule has 2 aromatic heterocycles. The molecule has 3 heterocycles. The summed E-state index contributed by atoms with van der Waals surface area (Å²) < 4.78 is 4.89. The SMILES string of the molecule is COC(=O)c1cccc2c(CN3CCN(c4ccncc4)C(C)C3)c[nH]c12. The molecule has 0 saturated carbocycles. The molecule has 1 atom stereocenters. The van der Waals surface area contributed by atoms with Gasteiger partial charge in [0.25, 0.3) is 0 Å². The van der Waals surface area contributed by atoms with Gasteiger partial charge in [0.05, 0.1) is 18.2 Å². The topological polar surface area (TPSA) is 61.5 Å². The van der Waals surface area contributed by atoms with Crippen molar-refractivity contribution in [2.45, 2.75) is 19.5 Å². The number of hydrogen-bond acceptors (Lipinski definition) is 5. The number of benzene rings is 1. The Morgan fingerprint density at radius 1 is 1.26 bits per heavy atom. The Morgan fingerprint density at radius 3 is 2.81 bits per heavy atom. The van der Waals surface area contributed by atoms with E-state index in [0.29, 0.717) is 11.6 Å². The Labute approximate surface area is 158 Å². The van der Waals surface area contributed by atoms with Crippen molar-refractivity contribution in [2.75, 3.05) is 31.6 Å². The van der Waals surface area contributed by atoms with Crippen molar-refractivity contribution in [3.8, 4) is 0 Å². The van der Waals surface area contributed by atoms with Gasteiger partial charge in [-0.15, -0.1) is 0 Å². The van der Waals surface area contributed by atoms with Crippen LogP contribution in [-0.4, -0.2) is 53.6 Å². The summed E-state index contributed by atoms with van der Waals surface area (Å²) in [6, 6.07) is 10.3. The van der Waals surface area contributed by atoms with Crippen LogP contribution in [0.2, 0.25) is 0 Å². The van der Waals surface area contributed by atoms with Crippen LogP contribution in [0.1, 0.15) is 22.8 Å². The lowest BCUT2D eigenvalue weighted by atomic mass is 10.1. The normalized spacial score (nSPS) is 18.0. The van der Waals surface area contributed by atoms with Crippen molar-refractivity contribution >= 4 is 22.6 Å². The van der Waals surface area contributed by atoms with Crippen molar-refractivity contribution < 1.29 is 9.53 Å². The molecule has 1 aliphatic heterocycles. The molecule has 1 fully saturated rings. The summed E-state index contributed by atoms with van der Waals surface area (Å²) in [7, 11) is 1.41. The zero-order valence-electron chi connectivity index (χ0n) is 15.7. The first-order valence-electron chi connectivity index (χ1n) is 9.23. The largest absolute Gasteiger partial charge is 0.465 e. The van der Waals surface area contributed by atoms with Gasteiger partial charge in [-0.05, 0) is 30.7 Å². The summed E-state index contributed by atoms with van der Waals surface area (Å²) in [4.78, 5) is 24.3. The molecule has 0 bridgehead atoms. The number of methoxy groups -OCH3 is 1. The summed E-state index contributed by atoms with van der Waals surface area (Å²) in [5, 5.41) is 1.09. The van der Waals surface area contributed by atoms with Crippen molar-refractivity contribution in [1.82, 2.24) is 14.9 Å². The third kappa shape index (κ3) is 3.40. The van der Waals surface area contributed by atoms with Gasteiger partial charge in [-0.1, -0.05) is 12.1 Å². The summed E-state index contributed by atoms with van der Waals surface area (Å²) >= 11 is 0. The van der Waals surface area contributed by atoms with Crippen LogP contribution in [0.3, 0.4) is 0 Å². The van der Waals surface area contributed by atoms with Gasteiger partial charge in [0.15, 0.2) is 0 Å². The van der Waals surface area contributed by atoms with E-state index in [4.69, 9.17) is 4.74 Å². The lowest BCUT2D eigenvalue weighted by Crippen LogP contribution is -2.51. The number of para-hydroxylation sites is 1. The first-order chi connectivity index (χ1) is 13.2. The maximum absolute atomic E-state index is 12.0. The number of ether oxygens (including phenoxy) is 1. The average Bonchev–Trinajstić information content (AvgIpc) is 3.11. The molecule has 1 N–H and O–H groups in total. The smallest absolute Gasteiger partial charge is 0.339 e. The van der Waals surface area contributed by atoms with E-state index in [1.165, 1.54) is 18.4 Å². The van der Waals surface area contributed by atoms with E-state index in [9.17, 15) is 4.79 Å². The Hall–Kier alpha value is -2.86. The second-order valence-corrected chi connectivity index (χ2v) is 7.02. The van der Waals surface area contributed by atoms with E-state index in [1.807, 2.05) is 24.7 Å². The molecule has 0 radical (unpaired) electrons. The fourth-order valence-electron chi connectivity index (χ4n) is 3.96. The maximum atomic E-state index is 12.0. The third-order valence-electron chi connectivity index (χ3n) is 5.31. The molecule has 140 valence electrons. The van der Waals surface area contributed by atoms with Crippen LogP contribution in [0, 0.1) is 0 Å². The number of piperazine rings is 1. The quantitative estimate of drug-likeness (QED) is 0.721. The number of nitrogens with zero attached hydrogens (tertiary/aromatic N) is 3. The van der Waals surface area contributed by atoms with Gasteiger partial charge in [-0.2, -0.15) is 0 Å². The fourth-order valence-corrected chi connectivity index (χ4v) is 3.96. The molecule has 1 saturated heterocycles. The van der Waals surface area contributed by atoms with Gasteiger partial charge in [-0.25, -0.2) is 4.79 Å². The van der Waals surface area contributed by atoms with Gasteiger partial charge in [0.2, 0.25) is 0 Å². The first kappa shape index (κ1) is 17.5. The molecule has 6 nitrogen and oxygen atoms in total. The minimum atomic E-state index is -0.311. The monoisotopic (exact) mass is 364 g/mol. The third-order valence-corrected chi connectivity index (χ3v) is 5.31. The molecule has 0 amide bonds. The van der Waals surface area contributed by atoms with E-state index >= 15 is 0 Å². The Morgan fingerprint density at radius 2 is 2.07 bits per heavy atom. The highest BCUT2D eigenvalue weighted by Crippen LogP contribution is 2.25. The summed E-state index contributed by atoms with van der Waals surface area (Å²) in [6.07, 6.45) is 5.70. The average molecular weight is 364 g/mol. The summed E-state index contributed by atoms with van der Waals surface area (Å²) in [5.41, 5.74) is 3.87. The lowest BCUT2D eigenvalue weighted by Gasteiger charge is -2.41. The minimum Gasteiger partial charge on any atom is -0.465 e. The van der Waals surface area contributed by atoms with Crippen LogP contribution in [0.25, 0.3) is 10.9 Å². The zero-order valence-corrected chi connectivity index (χ0v) is 15.7. The first-order valence-corrected chi connectivity index (χ1v) is 9.23. The second-order valence-electron chi connectivity index (χ2n) is 7.02. The van der Waals surface area contributed by atoms with Crippen molar-refractivity contribution in [3.63, 3.8) is 0 Å². The van der Waals surface area contributed by atoms with Gasteiger partial charge < -0.3 is 14.6 Å². The Kier molecular flexibility index (Phi) is 4.81. The molecule has 1 unspecified atom stereocenters. The maximum Gasteiger partial charge on any atom is 0.339 e. The predicted octanol–water partition coefficient (Wildman–Crippen LogP) is 3.06. The number of H-pyrrole nitrogens is 1. The predicted molar refractivity (Wildman–Crippen MR) is 106 cm³/mol. The van der Waals surface area contributed by atoms with Crippen LogP contribution in [-0.2, 0) is 11.3 Å². The number of rotatable bonds is 4. The molecular weight excluding hydrogens is 340 g/mol. The van der Waals surface area contributed by atoms with Gasteiger partial charge in [0, 0.05) is 61.9 Å². The van der Waals surface area contributed by atoms with Gasteiger partial charge in [-0.3, -0.25) is 9.88 Å². The number of aromatic nitrogens is 2. The number of pyridine rings is 1. The molecule has 4 rings (SSSR count). The fraction of sp³-hybridized carbons (Fsp3) is 0.333. The highest BCUT2D eigenvalue weighted by atomic mass is 16.5. The highest BCUT2D eigenvalue weighted by molar-refractivity contribution is 6.03. The van der Waals surface area contributed by atoms with Crippen molar-refractivity contribution in [2.24, 2.45) is 0 Å². The van der Waals surface area contributed by atoms with Crippen LogP contribution in [0.15, 0.2) is 48.9 Å². The van der Waals surface area contributed by atoms with E-state index in [1.54, 1.807) is 6.07 Å². The molecule has 0 aliphatic carbocycles.